The molecule has 0 rings (SSSR count). The van der Waals surface area contributed by atoms with Crippen LogP contribution >= 0.6 is 12.6 Å². The van der Waals surface area contributed by atoms with Crippen LogP contribution in [0.5, 0.6) is 0 Å². The van der Waals surface area contributed by atoms with Crippen LogP contribution in [0.3, 0.4) is 0 Å². The SMILES string of the molecule is NCCOCCOCCOCCOCCC(=O)NCCS. The van der Waals surface area contributed by atoms with Gasteiger partial charge in [-0.05, 0) is 0 Å². The number of hydrogen-bond acceptors (Lipinski definition) is 7. The number of nitrogens with one attached hydrogen (secondary N) is 1. The summed E-state index contributed by atoms with van der Waals surface area (Å²) in [6, 6.07) is 0. The molecule has 126 valence electrons. The van der Waals surface area contributed by atoms with Crippen molar-refractivity contribution in [3.63, 3.8) is 0 Å². The molecule has 0 bridgehead atoms. The Hall–Kier alpha value is -0.380. The van der Waals surface area contributed by atoms with E-state index < -0.39 is 0 Å². The molecule has 7 nitrogen and oxygen atoms in total. The summed E-state index contributed by atoms with van der Waals surface area (Å²) in [6.45, 7) is 5.17. The van der Waals surface area contributed by atoms with Gasteiger partial charge in [-0.3, -0.25) is 4.79 Å². The highest BCUT2D eigenvalue weighted by molar-refractivity contribution is 7.80. The summed E-state index contributed by atoms with van der Waals surface area (Å²) < 4.78 is 21.0. The van der Waals surface area contributed by atoms with Gasteiger partial charge in [-0.25, -0.2) is 0 Å². The molecule has 0 aromatic rings. The van der Waals surface area contributed by atoms with Crippen molar-refractivity contribution in [3.8, 4) is 0 Å². The van der Waals surface area contributed by atoms with Crippen LogP contribution in [0.2, 0.25) is 0 Å². The highest BCUT2D eigenvalue weighted by atomic mass is 32.1. The minimum absolute atomic E-state index is 0.0183. The number of carbonyl (C=O) groups is 1. The first-order chi connectivity index (χ1) is 10.3. The van der Waals surface area contributed by atoms with Gasteiger partial charge in [0.2, 0.25) is 5.91 Å². The van der Waals surface area contributed by atoms with Gasteiger partial charge in [0.05, 0.1) is 52.9 Å². The zero-order valence-electron chi connectivity index (χ0n) is 12.6. The third kappa shape index (κ3) is 17.6. The summed E-state index contributed by atoms with van der Waals surface area (Å²) >= 11 is 4.00. The van der Waals surface area contributed by atoms with E-state index in [9.17, 15) is 4.79 Å². The summed E-state index contributed by atoms with van der Waals surface area (Å²) in [5.74, 6) is 0.622. The highest BCUT2D eigenvalue weighted by Gasteiger charge is 1.99. The van der Waals surface area contributed by atoms with E-state index in [1.54, 1.807) is 0 Å². The molecule has 0 aliphatic carbocycles. The van der Waals surface area contributed by atoms with E-state index in [0.717, 1.165) is 0 Å². The van der Waals surface area contributed by atoms with Gasteiger partial charge < -0.3 is 30.0 Å². The molecular weight excluding hydrogens is 296 g/mol. The van der Waals surface area contributed by atoms with E-state index in [1.165, 1.54) is 0 Å². The molecule has 0 heterocycles. The number of nitrogens with two attached hydrogens (primary N) is 1. The highest BCUT2D eigenvalue weighted by Crippen LogP contribution is 1.86. The Morgan fingerprint density at radius 3 is 1.81 bits per heavy atom. The Labute approximate surface area is 132 Å². The minimum Gasteiger partial charge on any atom is -0.379 e. The second-order valence-electron chi connectivity index (χ2n) is 4.06. The normalized spacial score (nSPS) is 10.8. The van der Waals surface area contributed by atoms with Gasteiger partial charge in [0.15, 0.2) is 0 Å². The molecule has 0 aromatic carbocycles. The van der Waals surface area contributed by atoms with Crippen molar-refractivity contribution in [2.24, 2.45) is 5.73 Å². The van der Waals surface area contributed by atoms with Gasteiger partial charge in [-0.2, -0.15) is 12.6 Å². The van der Waals surface area contributed by atoms with Crippen molar-refractivity contribution >= 4 is 18.5 Å². The van der Waals surface area contributed by atoms with Crippen molar-refractivity contribution < 1.29 is 23.7 Å². The summed E-state index contributed by atoms with van der Waals surface area (Å²) in [5.41, 5.74) is 5.27. The number of amides is 1. The fourth-order valence-electron chi connectivity index (χ4n) is 1.29. The molecule has 0 saturated carbocycles. The maximum Gasteiger partial charge on any atom is 0.222 e. The molecule has 3 N–H and O–H groups in total. The van der Waals surface area contributed by atoms with Crippen LogP contribution in [0.15, 0.2) is 0 Å². The third-order valence-corrected chi connectivity index (χ3v) is 2.51. The molecule has 0 aliphatic heterocycles. The third-order valence-electron chi connectivity index (χ3n) is 2.29. The molecule has 0 radical (unpaired) electrons. The Kier molecular flexibility index (Phi) is 17.4. The lowest BCUT2D eigenvalue weighted by molar-refractivity contribution is -0.122. The molecule has 0 unspecified atom stereocenters. The van der Waals surface area contributed by atoms with Gasteiger partial charge >= 0.3 is 0 Å². The minimum atomic E-state index is -0.0183. The fourth-order valence-corrected chi connectivity index (χ4v) is 1.41. The van der Waals surface area contributed by atoms with Crippen LogP contribution in [-0.2, 0) is 23.7 Å². The lowest BCUT2D eigenvalue weighted by Gasteiger charge is -2.07. The van der Waals surface area contributed by atoms with E-state index in [4.69, 9.17) is 24.7 Å². The molecule has 0 aliphatic rings. The maximum atomic E-state index is 11.2. The number of carbonyl (C=O) groups excluding carboxylic acids is 1. The monoisotopic (exact) mass is 324 g/mol. The number of hydrogen-bond donors (Lipinski definition) is 3. The molecule has 0 fully saturated rings. The lowest BCUT2D eigenvalue weighted by atomic mass is 10.4. The average molecular weight is 324 g/mol. The number of ether oxygens (including phenoxy) is 4. The number of thiol groups is 1. The predicted molar refractivity (Wildman–Crippen MR) is 83.8 cm³/mol. The molecule has 21 heavy (non-hydrogen) atoms. The quantitative estimate of drug-likeness (QED) is 0.261. The molecule has 0 aromatic heterocycles. The van der Waals surface area contributed by atoms with Gasteiger partial charge in [-0.1, -0.05) is 0 Å². The van der Waals surface area contributed by atoms with Crippen LogP contribution in [0.25, 0.3) is 0 Å². The van der Waals surface area contributed by atoms with Gasteiger partial charge in [-0.15, -0.1) is 0 Å². The van der Waals surface area contributed by atoms with Gasteiger partial charge in [0.1, 0.15) is 0 Å². The van der Waals surface area contributed by atoms with Crippen LogP contribution in [0, 0.1) is 0 Å². The molecule has 8 heteroatoms. The molecular formula is C13H28N2O5S. The smallest absolute Gasteiger partial charge is 0.222 e. The standard InChI is InChI=1S/C13H28N2O5S/c14-2-5-18-7-9-20-11-10-19-8-6-17-4-1-13(16)15-3-12-21/h21H,1-12,14H2,(H,15,16). The topological polar surface area (TPSA) is 92.0 Å². The largest absolute Gasteiger partial charge is 0.379 e. The summed E-state index contributed by atoms with van der Waals surface area (Å²) in [5, 5.41) is 2.72. The van der Waals surface area contributed by atoms with E-state index in [1.807, 2.05) is 0 Å². The van der Waals surface area contributed by atoms with Gasteiger partial charge in [0.25, 0.3) is 0 Å². The molecule has 1 amide bonds. The summed E-state index contributed by atoms with van der Waals surface area (Å²) in [4.78, 5) is 11.2. The number of rotatable bonds is 16. The van der Waals surface area contributed by atoms with E-state index >= 15 is 0 Å². The fraction of sp³-hybridized carbons (Fsp3) is 0.923. The van der Waals surface area contributed by atoms with Crippen molar-refractivity contribution in [3.05, 3.63) is 0 Å². The van der Waals surface area contributed by atoms with E-state index in [2.05, 4.69) is 17.9 Å². The molecule has 0 saturated heterocycles. The Bertz CT molecular complexity index is 235. The first-order valence-corrected chi connectivity index (χ1v) is 7.83. The lowest BCUT2D eigenvalue weighted by Crippen LogP contribution is -2.26. The van der Waals surface area contributed by atoms with Crippen molar-refractivity contribution in [2.75, 3.05) is 71.7 Å². The van der Waals surface area contributed by atoms with Crippen LogP contribution < -0.4 is 11.1 Å². The van der Waals surface area contributed by atoms with Crippen LogP contribution in [0.1, 0.15) is 6.42 Å². The maximum absolute atomic E-state index is 11.2. The van der Waals surface area contributed by atoms with Gasteiger partial charge in [0, 0.05) is 25.3 Å². The Morgan fingerprint density at radius 2 is 1.33 bits per heavy atom. The van der Waals surface area contributed by atoms with Crippen LogP contribution in [-0.4, -0.2) is 77.6 Å². The Morgan fingerprint density at radius 1 is 0.857 bits per heavy atom. The van der Waals surface area contributed by atoms with E-state index in [0.29, 0.717) is 78.1 Å². The summed E-state index contributed by atoms with van der Waals surface area (Å²) in [6.07, 6.45) is 0.361. The predicted octanol–water partition coefficient (Wildman–Crippen LogP) is -0.552. The average Bonchev–Trinajstić information content (AvgIpc) is 2.49. The van der Waals surface area contributed by atoms with E-state index in [-0.39, 0.29) is 5.91 Å². The molecule has 0 spiro atoms. The molecule has 0 atom stereocenters. The second-order valence-corrected chi connectivity index (χ2v) is 4.51. The van der Waals surface area contributed by atoms with Crippen LogP contribution in [0.4, 0.5) is 0 Å². The first kappa shape index (κ1) is 20.6. The Balaban J connectivity index is 3.04. The first-order valence-electron chi connectivity index (χ1n) is 7.20. The van der Waals surface area contributed by atoms with Crippen molar-refractivity contribution in [2.45, 2.75) is 6.42 Å². The second kappa shape index (κ2) is 17.7. The zero-order chi connectivity index (χ0) is 15.6. The van der Waals surface area contributed by atoms with Crippen molar-refractivity contribution in [1.82, 2.24) is 5.32 Å². The van der Waals surface area contributed by atoms with Crippen molar-refractivity contribution in [1.29, 1.82) is 0 Å². The summed E-state index contributed by atoms with van der Waals surface area (Å²) in [7, 11) is 0. The zero-order valence-corrected chi connectivity index (χ0v) is 13.4.